The SMILES string of the molecule is Fc1ccc(CNCCn2cccn2)c(Br)c1. The molecule has 90 valence electrons. The fraction of sp³-hybridized carbons (Fsp3) is 0.250. The number of hydrogen-bond acceptors (Lipinski definition) is 2. The molecule has 0 atom stereocenters. The first-order valence-corrected chi connectivity index (χ1v) is 6.17. The van der Waals surface area contributed by atoms with Gasteiger partial charge in [0.05, 0.1) is 6.54 Å². The summed E-state index contributed by atoms with van der Waals surface area (Å²) in [6.45, 7) is 2.36. The van der Waals surface area contributed by atoms with E-state index < -0.39 is 0 Å². The molecule has 0 radical (unpaired) electrons. The molecule has 0 fully saturated rings. The molecule has 1 heterocycles. The van der Waals surface area contributed by atoms with Gasteiger partial charge in [-0.3, -0.25) is 4.68 Å². The summed E-state index contributed by atoms with van der Waals surface area (Å²) < 4.78 is 15.5. The number of hydrogen-bond donors (Lipinski definition) is 1. The standard InChI is InChI=1S/C12H13BrFN3/c13-12-8-11(14)3-2-10(12)9-15-5-7-17-6-1-4-16-17/h1-4,6,8,15H,5,7,9H2. The van der Waals surface area contributed by atoms with Crippen molar-refractivity contribution in [2.24, 2.45) is 0 Å². The molecule has 0 amide bonds. The van der Waals surface area contributed by atoms with Crippen LogP contribution in [-0.2, 0) is 13.1 Å². The Labute approximate surface area is 108 Å². The normalized spacial score (nSPS) is 10.7. The van der Waals surface area contributed by atoms with Crippen LogP contribution in [0.1, 0.15) is 5.56 Å². The zero-order valence-electron chi connectivity index (χ0n) is 9.24. The van der Waals surface area contributed by atoms with Gasteiger partial charge in [0.25, 0.3) is 0 Å². The molecule has 0 saturated heterocycles. The van der Waals surface area contributed by atoms with E-state index >= 15 is 0 Å². The molecule has 17 heavy (non-hydrogen) atoms. The molecule has 0 spiro atoms. The van der Waals surface area contributed by atoms with Crippen LogP contribution < -0.4 is 5.32 Å². The molecule has 0 aliphatic rings. The Morgan fingerprint density at radius 2 is 2.29 bits per heavy atom. The number of rotatable bonds is 5. The summed E-state index contributed by atoms with van der Waals surface area (Å²) in [7, 11) is 0. The highest BCUT2D eigenvalue weighted by Gasteiger charge is 2.00. The minimum Gasteiger partial charge on any atom is -0.311 e. The fourth-order valence-corrected chi connectivity index (χ4v) is 2.01. The van der Waals surface area contributed by atoms with Crippen molar-refractivity contribution in [2.45, 2.75) is 13.1 Å². The van der Waals surface area contributed by atoms with E-state index in [1.54, 1.807) is 12.3 Å². The van der Waals surface area contributed by atoms with Crippen molar-refractivity contribution < 1.29 is 4.39 Å². The van der Waals surface area contributed by atoms with Gasteiger partial charge in [0.15, 0.2) is 0 Å². The fourth-order valence-electron chi connectivity index (χ4n) is 1.51. The molecule has 0 saturated carbocycles. The van der Waals surface area contributed by atoms with Crippen molar-refractivity contribution in [1.29, 1.82) is 0 Å². The average Bonchev–Trinajstić information content (AvgIpc) is 2.79. The molecule has 0 bridgehead atoms. The Bertz CT molecular complexity index is 471. The minimum atomic E-state index is -0.225. The number of aromatic nitrogens is 2. The van der Waals surface area contributed by atoms with Crippen LogP contribution in [0.4, 0.5) is 4.39 Å². The quantitative estimate of drug-likeness (QED) is 0.860. The highest BCUT2D eigenvalue weighted by atomic mass is 79.9. The maximum Gasteiger partial charge on any atom is 0.124 e. The Morgan fingerprint density at radius 1 is 1.41 bits per heavy atom. The minimum absolute atomic E-state index is 0.225. The smallest absolute Gasteiger partial charge is 0.124 e. The maximum atomic E-state index is 12.9. The maximum absolute atomic E-state index is 12.9. The second kappa shape index (κ2) is 5.93. The van der Waals surface area contributed by atoms with E-state index in [1.807, 2.05) is 16.9 Å². The van der Waals surface area contributed by atoms with Crippen LogP contribution in [-0.4, -0.2) is 16.3 Å². The Hall–Kier alpha value is -1.20. The van der Waals surface area contributed by atoms with Gasteiger partial charge in [-0.1, -0.05) is 22.0 Å². The summed E-state index contributed by atoms with van der Waals surface area (Å²) in [6.07, 6.45) is 3.69. The van der Waals surface area contributed by atoms with Crippen molar-refractivity contribution in [3.05, 3.63) is 52.5 Å². The summed E-state index contributed by atoms with van der Waals surface area (Å²) in [5.74, 6) is -0.225. The van der Waals surface area contributed by atoms with Gasteiger partial charge in [0, 0.05) is 30.0 Å². The van der Waals surface area contributed by atoms with Crippen LogP contribution in [0.5, 0.6) is 0 Å². The van der Waals surface area contributed by atoms with Gasteiger partial charge in [-0.15, -0.1) is 0 Å². The van der Waals surface area contributed by atoms with Gasteiger partial charge in [-0.05, 0) is 23.8 Å². The van der Waals surface area contributed by atoms with Crippen LogP contribution in [0, 0.1) is 5.82 Å². The molecular formula is C12H13BrFN3. The predicted octanol–water partition coefficient (Wildman–Crippen LogP) is 2.57. The first kappa shape index (κ1) is 12.3. The predicted molar refractivity (Wildman–Crippen MR) is 68.0 cm³/mol. The van der Waals surface area contributed by atoms with Gasteiger partial charge in [0.1, 0.15) is 5.82 Å². The van der Waals surface area contributed by atoms with Gasteiger partial charge in [-0.2, -0.15) is 5.10 Å². The number of benzene rings is 1. The Morgan fingerprint density at radius 3 is 3.00 bits per heavy atom. The van der Waals surface area contributed by atoms with E-state index in [1.165, 1.54) is 12.1 Å². The highest BCUT2D eigenvalue weighted by Crippen LogP contribution is 2.17. The number of nitrogens with one attached hydrogen (secondary N) is 1. The molecule has 0 aliphatic carbocycles. The van der Waals surface area contributed by atoms with Crippen molar-refractivity contribution in [2.75, 3.05) is 6.54 Å². The molecule has 3 nitrogen and oxygen atoms in total. The van der Waals surface area contributed by atoms with Crippen LogP contribution in [0.3, 0.4) is 0 Å². The molecule has 0 aliphatic heterocycles. The third-order valence-corrected chi connectivity index (χ3v) is 3.15. The molecule has 1 aromatic heterocycles. The largest absolute Gasteiger partial charge is 0.311 e. The van der Waals surface area contributed by atoms with E-state index in [-0.39, 0.29) is 5.82 Å². The first-order valence-electron chi connectivity index (χ1n) is 5.38. The molecular weight excluding hydrogens is 285 g/mol. The lowest BCUT2D eigenvalue weighted by Gasteiger charge is -2.07. The molecule has 0 unspecified atom stereocenters. The second-order valence-electron chi connectivity index (χ2n) is 3.68. The van der Waals surface area contributed by atoms with E-state index in [9.17, 15) is 4.39 Å². The van der Waals surface area contributed by atoms with Gasteiger partial charge < -0.3 is 5.32 Å². The third kappa shape index (κ3) is 3.64. The lowest BCUT2D eigenvalue weighted by atomic mass is 10.2. The van der Waals surface area contributed by atoms with Crippen molar-refractivity contribution in [1.82, 2.24) is 15.1 Å². The lowest BCUT2D eigenvalue weighted by molar-refractivity contribution is 0.553. The van der Waals surface area contributed by atoms with Gasteiger partial charge in [-0.25, -0.2) is 4.39 Å². The number of nitrogens with zero attached hydrogens (tertiary/aromatic N) is 2. The molecule has 5 heteroatoms. The Kier molecular flexibility index (Phi) is 4.28. The van der Waals surface area contributed by atoms with E-state index in [0.717, 1.165) is 23.1 Å². The zero-order chi connectivity index (χ0) is 12.1. The Balaban J connectivity index is 1.78. The van der Waals surface area contributed by atoms with Crippen LogP contribution in [0.15, 0.2) is 41.1 Å². The van der Waals surface area contributed by atoms with Crippen LogP contribution >= 0.6 is 15.9 Å². The van der Waals surface area contributed by atoms with E-state index in [2.05, 4.69) is 26.3 Å². The van der Waals surface area contributed by atoms with Crippen molar-refractivity contribution >= 4 is 15.9 Å². The summed E-state index contributed by atoms with van der Waals surface area (Å²) in [5.41, 5.74) is 1.05. The monoisotopic (exact) mass is 297 g/mol. The van der Waals surface area contributed by atoms with Crippen molar-refractivity contribution in [3.8, 4) is 0 Å². The topological polar surface area (TPSA) is 29.9 Å². The second-order valence-corrected chi connectivity index (χ2v) is 4.54. The van der Waals surface area contributed by atoms with E-state index in [4.69, 9.17) is 0 Å². The summed E-state index contributed by atoms with van der Waals surface area (Å²) >= 11 is 3.34. The summed E-state index contributed by atoms with van der Waals surface area (Å²) in [6, 6.07) is 6.62. The summed E-state index contributed by atoms with van der Waals surface area (Å²) in [4.78, 5) is 0. The van der Waals surface area contributed by atoms with Gasteiger partial charge >= 0.3 is 0 Å². The van der Waals surface area contributed by atoms with Gasteiger partial charge in [0.2, 0.25) is 0 Å². The molecule has 1 aromatic carbocycles. The summed E-state index contributed by atoms with van der Waals surface area (Å²) in [5, 5.41) is 7.39. The van der Waals surface area contributed by atoms with Crippen LogP contribution in [0.25, 0.3) is 0 Å². The molecule has 2 aromatic rings. The van der Waals surface area contributed by atoms with Crippen LogP contribution in [0.2, 0.25) is 0 Å². The van der Waals surface area contributed by atoms with E-state index in [0.29, 0.717) is 6.54 Å². The first-order chi connectivity index (χ1) is 8.25. The highest BCUT2D eigenvalue weighted by molar-refractivity contribution is 9.10. The third-order valence-electron chi connectivity index (χ3n) is 2.41. The zero-order valence-corrected chi connectivity index (χ0v) is 10.8. The molecule has 1 N–H and O–H groups in total. The number of halogens is 2. The lowest BCUT2D eigenvalue weighted by Crippen LogP contribution is -2.19. The van der Waals surface area contributed by atoms with Crippen molar-refractivity contribution in [3.63, 3.8) is 0 Å². The average molecular weight is 298 g/mol. The molecule has 2 rings (SSSR count).